The molecule has 6 nitrogen and oxygen atoms in total. The van der Waals surface area contributed by atoms with E-state index in [1.54, 1.807) is 0 Å². The molecule has 18 heavy (non-hydrogen) atoms. The van der Waals surface area contributed by atoms with E-state index in [0.29, 0.717) is 12.8 Å². The normalized spacial score (nSPS) is 20.1. The standard InChI is InChI=1S/C12H21NO5/c1-17-8-9(10(14)15)13-11(16)12(18-2)6-4-3-5-7-12/h9H,3-8H2,1-2H3,(H,13,16)(H,14,15). The van der Waals surface area contributed by atoms with Crippen molar-refractivity contribution in [1.82, 2.24) is 5.32 Å². The maximum Gasteiger partial charge on any atom is 0.328 e. The molecule has 0 aliphatic heterocycles. The summed E-state index contributed by atoms with van der Waals surface area (Å²) in [6.07, 6.45) is 4.19. The minimum absolute atomic E-state index is 0.0547. The Labute approximate surface area is 107 Å². The van der Waals surface area contributed by atoms with Gasteiger partial charge in [-0.15, -0.1) is 0 Å². The fourth-order valence-corrected chi connectivity index (χ4v) is 2.28. The lowest BCUT2D eigenvalue weighted by Gasteiger charge is -2.35. The van der Waals surface area contributed by atoms with E-state index in [4.69, 9.17) is 14.6 Å². The van der Waals surface area contributed by atoms with E-state index in [1.165, 1.54) is 14.2 Å². The summed E-state index contributed by atoms with van der Waals surface area (Å²) in [5, 5.41) is 11.5. The van der Waals surface area contributed by atoms with Crippen molar-refractivity contribution >= 4 is 11.9 Å². The number of hydrogen-bond acceptors (Lipinski definition) is 4. The van der Waals surface area contributed by atoms with E-state index in [2.05, 4.69) is 5.32 Å². The van der Waals surface area contributed by atoms with Crippen LogP contribution in [0.2, 0.25) is 0 Å². The highest BCUT2D eigenvalue weighted by Gasteiger charge is 2.41. The Morgan fingerprint density at radius 2 is 1.89 bits per heavy atom. The molecule has 1 unspecified atom stereocenters. The van der Waals surface area contributed by atoms with Gasteiger partial charge in [0.1, 0.15) is 5.60 Å². The lowest BCUT2D eigenvalue weighted by atomic mass is 9.83. The van der Waals surface area contributed by atoms with E-state index < -0.39 is 17.6 Å². The number of carboxylic acids is 1. The van der Waals surface area contributed by atoms with Crippen molar-refractivity contribution in [3.8, 4) is 0 Å². The third kappa shape index (κ3) is 3.43. The van der Waals surface area contributed by atoms with Gasteiger partial charge in [0, 0.05) is 14.2 Å². The van der Waals surface area contributed by atoms with Gasteiger partial charge in [0.25, 0.3) is 5.91 Å². The van der Waals surface area contributed by atoms with Crippen LogP contribution in [-0.4, -0.2) is 49.5 Å². The van der Waals surface area contributed by atoms with Gasteiger partial charge in [-0.3, -0.25) is 4.79 Å². The Balaban J connectivity index is 2.68. The van der Waals surface area contributed by atoms with E-state index in [-0.39, 0.29) is 12.5 Å². The van der Waals surface area contributed by atoms with Crippen molar-refractivity contribution in [2.45, 2.75) is 43.7 Å². The third-order valence-electron chi connectivity index (χ3n) is 3.40. The quantitative estimate of drug-likeness (QED) is 0.727. The van der Waals surface area contributed by atoms with Crippen LogP contribution in [0.1, 0.15) is 32.1 Å². The average Bonchev–Trinajstić information content (AvgIpc) is 2.38. The summed E-state index contributed by atoms with van der Waals surface area (Å²) >= 11 is 0. The number of carbonyl (C=O) groups excluding carboxylic acids is 1. The topological polar surface area (TPSA) is 84.9 Å². The molecule has 1 atom stereocenters. The second-order valence-corrected chi connectivity index (χ2v) is 4.58. The molecule has 0 aromatic rings. The number of hydrogen-bond donors (Lipinski definition) is 2. The molecule has 1 saturated carbocycles. The van der Waals surface area contributed by atoms with Crippen LogP contribution in [0.3, 0.4) is 0 Å². The third-order valence-corrected chi connectivity index (χ3v) is 3.40. The maximum absolute atomic E-state index is 12.2. The number of methoxy groups -OCH3 is 2. The zero-order valence-electron chi connectivity index (χ0n) is 10.9. The largest absolute Gasteiger partial charge is 0.480 e. The van der Waals surface area contributed by atoms with Gasteiger partial charge < -0.3 is 19.9 Å². The molecule has 2 N–H and O–H groups in total. The van der Waals surface area contributed by atoms with Crippen LogP contribution in [0.5, 0.6) is 0 Å². The molecule has 0 aromatic carbocycles. The molecule has 0 aromatic heterocycles. The summed E-state index contributed by atoms with van der Waals surface area (Å²) in [5.41, 5.74) is -0.875. The molecule has 0 bridgehead atoms. The van der Waals surface area contributed by atoms with Crippen molar-refractivity contribution < 1.29 is 24.2 Å². The second kappa shape index (κ2) is 6.70. The smallest absolute Gasteiger partial charge is 0.328 e. The Hall–Kier alpha value is -1.14. The van der Waals surface area contributed by atoms with Crippen molar-refractivity contribution in [3.05, 3.63) is 0 Å². The zero-order chi connectivity index (χ0) is 13.6. The maximum atomic E-state index is 12.2. The Morgan fingerprint density at radius 3 is 2.33 bits per heavy atom. The van der Waals surface area contributed by atoms with Crippen molar-refractivity contribution in [2.75, 3.05) is 20.8 Å². The first kappa shape index (κ1) is 14.9. The summed E-state index contributed by atoms with van der Waals surface area (Å²) in [6, 6.07) is -1.03. The minimum Gasteiger partial charge on any atom is -0.480 e. The molecule has 0 spiro atoms. The van der Waals surface area contributed by atoms with E-state index in [0.717, 1.165) is 19.3 Å². The Morgan fingerprint density at radius 1 is 1.28 bits per heavy atom. The van der Waals surface area contributed by atoms with E-state index in [1.807, 2.05) is 0 Å². The lowest BCUT2D eigenvalue weighted by Crippen LogP contribution is -2.55. The first-order chi connectivity index (χ1) is 8.55. The molecule has 1 aliphatic rings. The molecule has 1 amide bonds. The van der Waals surface area contributed by atoms with Crippen LogP contribution in [0.15, 0.2) is 0 Å². The average molecular weight is 259 g/mol. The van der Waals surface area contributed by atoms with Gasteiger partial charge in [0.05, 0.1) is 6.61 Å². The van der Waals surface area contributed by atoms with E-state index in [9.17, 15) is 9.59 Å². The summed E-state index contributed by atoms with van der Waals surface area (Å²) in [4.78, 5) is 23.2. The molecule has 1 aliphatic carbocycles. The number of rotatable bonds is 6. The molecule has 0 heterocycles. The van der Waals surface area contributed by atoms with Crippen LogP contribution in [0.25, 0.3) is 0 Å². The monoisotopic (exact) mass is 259 g/mol. The predicted molar refractivity (Wildman–Crippen MR) is 64.3 cm³/mol. The summed E-state index contributed by atoms with van der Waals surface area (Å²) < 4.78 is 10.1. The van der Waals surface area contributed by atoms with Crippen LogP contribution in [0, 0.1) is 0 Å². The van der Waals surface area contributed by atoms with Gasteiger partial charge in [-0.2, -0.15) is 0 Å². The molecule has 0 radical (unpaired) electrons. The SMILES string of the molecule is COCC(NC(=O)C1(OC)CCCCC1)C(=O)O. The molecular weight excluding hydrogens is 238 g/mol. The fourth-order valence-electron chi connectivity index (χ4n) is 2.28. The molecule has 1 fully saturated rings. The lowest BCUT2D eigenvalue weighted by molar-refractivity contribution is -0.153. The van der Waals surface area contributed by atoms with Gasteiger partial charge in [-0.1, -0.05) is 19.3 Å². The summed E-state index contributed by atoms with van der Waals surface area (Å²) in [7, 11) is 2.89. The van der Waals surface area contributed by atoms with Crippen molar-refractivity contribution in [3.63, 3.8) is 0 Å². The Kier molecular flexibility index (Phi) is 5.55. The minimum atomic E-state index is -1.10. The molecule has 1 rings (SSSR count). The summed E-state index contributed by atoms with van der Waals surface area (Å²) in [5.74, 6) is -1.46. The van der Waals surface area contributed by atoms with Crippen molar-refractivity contribution in [1.29, 1.82) is 0 Å². The predicted octanol–water partition coefficient (Wildman–Crippen LogP) is 0.551. The van der Waals surface area contributed by atoms with Crippen molar-refractivity contribution in [2.24, 2.45) is 0 Å². The highest BCUT2D eigenvalue weighted by atomic mass is 16.5. The second-order valence-electron chi connectivity index (χ2n) is 4.58. The molecule has 6 heteroatoms. The molecule has 0 saturated heterocycles. The number of carbonyl (C=O) groups is 2. The number of ether oxygens (including phenoxy) is 2. The first-order valence-electron chi connectivity index (χ1n) is 6.13. The Bertz CT molecular complexity index is 299. The van der Waals surface area contributed by atoms with Gasteiger partial charge in [-0.05, 0) is 12.8 Å². The highest BCUT2D eigenvalue weighted by molar-refractivity contribution is 5.89. The van der Waals surface area contributed by atoms with Gasteiger partial charge in [-0.25, -0.2) is 4.79 Å². The molecule has 104 valence electrons. The van der Waals surface area contributed by atoms with Crippen LogP contribution < -0.4 is 5.32 Å². The fraction of sp³-hybridized carbons (Fsp3) is 0.833. The van der Waals surface area contributed by atoms with E-state index >= 15 is 0 Å². The first-order valence-corrected chi connectivity index (χ1v) is 6.13. The zero-order valence-corrected chi connectivity index (χ0v) is 10.9. The van der Waals surface area contributed by atoms with Gasteiger partial charge >= 0.3 is 5.97 Å². The van der Waals surface area contributed by atoms with Crippen LogP contribution in [-0.2, 0) is 19.1 Å². The van der Waals surface area contributed by atoms with Gasteiger partial charge in [0.2, 0.25) is 0 Å². The van der Waals surface area contributed by atoms with Crippen LogP contribution in [0.4, 0.5) is 0 Å². The van der Waals surface area contributed by atoms with Gasteiger partial charge in [0.15, 0.2) is 6.04 Å². The van der Waals surface area contributed by atoms with Crippen LogP contribution >= 0.6 is 0 Å². The number of carboxylic acid groups (broad SMARTS) is 1. The number of nitrogens with one attached hydrogen (secondary N) is 1. The number of amides is 1. The highest BCUT2D eigenvalue weighted by Crippen LogP contribution is 2.31. The number of aliphatic carboxylic acids is 1. The molecular formula is C12H21NO5. The summed E-state index contributed by atoms with van der Waals surface area (Å²) in [6.45, 7) is -0.0547.